The smallest absolute Gasteiger partial charge is 0.507 e. The number of phosphoric ester groups is 1. The molecule has 0 bridgehead atoms. The normalized spacial score (nSPS) is 21.9. The number of piperidine rings is 1. The third-order valence-electron chi connectivity index (χ3n) is 6.10. The summed E-state index contributed by atoms with van der Waals surface area (Å²) in [6, 6.07) is 8.80. The van der Waals surface area contributed by atoms with Crippen LogP contribution < -0.4 is 9.95 Å². The number of halogens is 1. The van der Waals surface area contributed by atoms with Gasteiger partial charge in [0.2, 0.25) is 0 Å². The van der Waals surface area contributed by atoms with Crippen LogP contribution in [0.3, 0.4) is 0 Å². The predicted octanol–water partition coefficient (Wildman–Crippen LogP) is 2.03. The van der Waals surface area contributed by atoms with Crippen molar-refractivity contribution in [1.82, 2.24) is 4.90 Å². The number of phenols is 1. The van der Waals surface area contributed by atoms with Crippen LogP contribution in [0.15, 0.2) is 45.6 Å². The summed E-state index contributed by atoms with van der Waals surface area (Å²) >= 11 is 6.27. The van der Waals surface area contributed by atoms with Gasteiger partial charge in [-0.1, -0.05) is 23.7 Å². The lowest BCUT2D eigenvalue weighted by atomic mass is 9.74. The van der Waals surface area contributed by atoms with E-state index in [0.29, 0.717) is 23.6 Å². The number of phosphoric acid groups is 1. The first kappa shape index (κ1) is 23.8. The molecule has 2 aromatic carbocycles. The molecule has 1 aromatic heterocycles. The zero-order valence-electron chi connectivity index (χ0n) is 17.8. The van der Waals surface area contributed by atoms with E-state index in [9.17, 15) is 29.4 Å². The van der Waals surface area contributed by atoms with Crippen molar-refractivity contribution < 1.29 is 33.5 Å². The largest absolute Gasteiger partial charge is 0.524 e. The van der Waals surface area contributed by atoms with Crippen molar-refractivity contribution in [2.24, 2.45) is 0 Å². The molecule has 0 amide bonds. The lowest BCUT2D eigenvalue weighted by Gasteiger charge is -2.40. The van der Waals surface area contributed by atoms with Gasteiger partial charge < -0.3 is 24.1 Å². The van der Waals surface area contributed by atoms with Crippen LogP contribution in [0.5, 0.6) is 11.5 Å². The molecule has 2 heterocycles. The molecule has 4 rings (SSSR count). The van der Waals surface area contributed by atoms with Crippen LogP contribution in [-0.4, -0.2) is 58.4 Å². The van der Waals surface area contributed by atoms with Crippen LogP contribution in [0.4, 0.5) is 0 Å². The van der Waals surface area contributed by atoms with Crippen LogP contribution in [-0.2, 0) is 4.57 Å². The van der Waals surface area contributed by atoms with Crippen LogP contribution in [0.25, 0.3) is 22.3 Å². The molecular formula is C21H22BClNO8P. The van der Waals surface area contributed by atoms with Crippen LogP contribution >= 0.6 is 19.4 Å². The molecule has 1 saturated heterocycles. The number of aliphatic hydroxyl groups is 1. The summed E-state index contributed by atoms with van der Waals surface area (Å²) in [6.45, 7) is 0.610. The second-order valence-electron chi connectivity index (χ2n) is 8.16. The quantitative estimate of drug-likeness (QED) is 0.317. The summed E-state index contributed by atoms with van der Waals surface area (Å²) in [6.07, 6.45) is -0.454. The molecule has 3 atom stereocenters. The predicted molar refractivity (Wildman–Crippen MR) is 126 cm³/mol. The molecule has 1 aliphatic heterocycles. The Bertz CT molecular complexity index is 1330. The van der Waals surface area contributed by atoms with E-state index < -0.39 is 36.8 Å². The maximum atomic E-state index is 13.1. The van der Waals surface area contributed by atoms with Gasteiger partial charge in [0.15, 0.2) is 5.43 Å². The SMILES string of the molecule is BC1C(O)C(c2c(O)cc(OP(=O)(O)O)c3c(=O)cc(-c4ccccc4Cl)oc23)CCN1C. The number of fused-ring (bicyclic) bond motifs is 1. The average molecular weight is 494 g/mol. The summed E-state index contributed by atoms with van der Waals surface area (Å²) in [5.41, 5.74) is -0.184. The van der Waals surface area contributed by atoms with E-state index in [4.69, 9.17) is 20.5 Å². The van der Waals surface area contributed by atoms with Gasteiger partial charge in [0.1, 0.15) is 36.1 Å². The summed E-state index contributed by atoms with van der Waals surface area (Å²) in [7, 11) is -1.35. The molecule has 0 spiro atoms. The van der Waals surface area contributed by atoms with E-state index in [2.05, 4.69) is 0 Å². The number of benzene rings is 2. The van der Waals surface area contributed by atoms with Gasteiger partial charge in [0, 0.05) is 35.1 Å². The molecule has 1 fully saturated rings. The van der Waals surface area contributed by atoms with Gasteiger partial charge in [-0.25, -0.2) is 4.57 Å². The fourth-order valence-electron chi connectivity index (χ4n) is 4.29. The number of likely N-dealkylation sites (tertiary alicyclic amines) is 1. The highest BCUT2D eigenvalue weighted by molar-refractivity contribution is 7.46. The van der Waals surface area contributed by atoms with Gasteiger partial charge in [0.25, 0.3) is 0 Å². The Morgan fingerprint density at radius 2 is 1.97 bits per heavy atom. The third-order valence-corrected chi connectivity index (χ3v) is 6.87. The standard InChI is InChI=1S/C21H22BClNO8P/c1-24-7-6-11(19(27)21(24)22)17-13(25)9-16(32-33(28,29)30)18-14(26)8-15(31-20(17)18)10-4-2-3-5-12(10)23/h2-5,8-9,11,19,21,25,27H,6-7,22H2,1H3,(H2,28,29,30). The fourth-order valence-corrected chi connectivity index (χ4v) is 4.92. The highest BCUT2D eigenvalue weighted by Gasteiger charge is 2.37. The van der Waals surface area contributed by atoms with Gasteiger partial charge in [-0.05, 0) is 32.1 Å². The van der Waals surface area contributed by atoms with E-state index in [1.54, 1.807) is 24.3 Å². The number of phenolic OH excluding ortho intramolecular Hbond substituents is 1. The van der Waals surface area contributed by atoms with Crippen molar-refractivity contribution in [2.75, 3.05) is 13.6 Å². The molecule has 174 valence electrons. The maximum Gasteiger partial charge on any atom is 0.524 e. The number of hydrogen-bond donors (Lipinski definition) is 4. The highest BCUT2D eigenvalue weighted by atomic mass is 35.5. The molecule has 0 saturated carbocycles. The minimum atomic E-state index is -5.06. The van der Waals surface area contributed by atoms with Crippen molar-refractivity contribution in [1.29, 1.82) is 0 Å². The Balaban J connectivity index is 2.04. The van der Waals surface area contributed by atoms with Crippen molar-refractivity contribution in [3.05, 3.63) is 57.2 Å². The third kappa shape index (κ3) is 4.55. The molecule has 0 radical (unpaired) electrons. The summed E-state index contributed by atoms with van der Waals surface area (Å²) in [5, 5.41) is 21.9. The van der Waals surface area contributed by atoms with Crippen LogP contribution in [0.1, 0.15) is 17.9 Å². The zero-order valence-corrected chi connectivity index (χ0v) is 19.5. The summed E-state index contributed by atoms with van der Waals surface area (Å²) < 4.78 is 22.3. The van der Waals surface area contributed by atoms with Crippen molar-refractivity contribution in [3.8, 4) is 22.8 Å². The Morgan fingerprint density at radius 1 is 1.27 bits per heavy atom. The van der Waals surface area contributed by atoms with Gasteiger partial charge in [-0.15, -0.1) is 0 Å². The second-order valence-corrected chi connectivity index (χ2v) is 9.73. The minimum absolute atomic E-state index is 0.0996. The maximum absolute atomic E-state index is 13.1. The number of aromatic hydroxyl groups is 1. The molecule has 12 heteroatoms. The summed E-state index contributed by atoms with van der Waals surface area (Å²) in [4.78, 5) is 33.7. The first-order chi connectivity index (χ1) is 15.5. The number of hydrogen-bond acceptors (Lipinski definition) is 7. The van der Waals surface area contributed by atoms with E-state index in [1.807, 2.05) is 19.8 Å². The first-order valence-corrected chi connectivity index (χ1v) is 12.1. The van der Waals surface area contributed by atoms with Crippen LogP contribution in [0.2, 0.25) is 5.02 Å². The molecule has 3 aromatic rings. The molecule has 33 heavy (non-hydrogen) atoms. The molecule has 3 unspecified atom stereocenters. The number of aliphatic hydroxyl groups excluding tert-OH is 1. The topological polar surface area (TPSA) is 141 Å². The lowest BCUT2D eigenvalue weighted by molar-refractivity contribution is 0.0432. The minimum Gasteiger partial charge on any atom is -0.507 e. The Labute approximate surface area is 194 Å². The van der Waals surface area contributed by atoms with E-state index in [0.717, 1.165) is 12.1 Å². The molecule has 1 aliphatic rings. The second kappa shape index (κ2) is 8.79. The lowest BCUT2D eigenvalue weighted by Crippen LogP contribution is -2.50. The average Bonchev–Trinajstić information content (AvgIpc) is 2.72. The van der Waals surface area contributed by atoms with Gasteiger partial charge in [0.05, 0.1) is 11.1 Å². The van der Waals surface area contributed by atoms with E-state index >= 15 is 0 Å². The number of likely N-dealkylation sites (N-methyl/N-ethyl adjacent to an activating group) is 1. The number of rotatable bonds is 4. The van der Waals surface area contributed by atoms with Crippen molar-refractivity contribution in [3.63, 3.8) is 0 Å². The number of nitrogens with zero attached hydrogens (tertiary/aromatic N) is 1. The Hall–Kier alpha value is -2.33. The molecule has 9 nitrogen and oxygen atoms in total. The van der Waals surface area contributed by atoms with Crippen molar-refractivity contribution >= 4 is 38.2 Å². The Morgan fingerprint density at radius 3 is 2.64 bits per heavy atom. The van der Waals surface area contributed by atoms with E-state index in [1.165, 1.54) is 0 Å². The Kier molecular flexibility index (Phi) is 6.35. The van der Waals surface area contributed by atoms with E-state index in [-0.39, 0.29) is 28.2 Å². The molecule has 0 aliphatic carbocycles. The van der Waals surface area contributed by atoms with Gasteiger partial charge >= 0.3 is 7.82 Å². The van der Waals surface area contributed by atoms with Gasteiger partial charge in [-0.2, -0.15) is 0 Å². The van der Waals surface area contributed by atoms with Gasteiger partial charge in [-0.3, -0.25) is 14.6 Å². The zero-order chi connectivity index (χ0) is 24.1. The van der Waals surface area contributed by atoms with Crippen molar-refractivity contribution in [2.45, 2.75) is 24.4 Å². The van der Waals surface area contributed by atoms with Crippen LogP contribution in [0, 0.1) is 0 Å². The molecule has 4 N–H and O–H groups in total. The summed E-state index contributed by atoms with van der Waals surface area (Å²) in [5.74, 6) is -1.68. The highest BCUT2D eigenvalue weighted by Crippen LogP contribution is 2.47. The molecular weight excluding hydrogens is 471 g/mol. The monoisotopic (exact) mass is 493 g/mol. The first-order valence-electron chi connectivity index (χ1n) is 10.2. The fraction of sp³-hybridized carbons (Fsp3) is 0.286.